The summed E-state index contributed by atoms with van der Waals surface area (Å²) in [5.41, 5.74) is 1.46. The van der Waals surface area contributed by atoms with Crippen LogP contribution in [0.4, 0.5) is 4.39 Å². The molecule has 2 saturated heterocycles. The third-order valence-electron chi connectivity index (χ3n) is 9.78. The second-order valence-corrected chi connectivity index (χ2v) is 14.7. The fourth-order valence-corrected chi connectivity index (χ4v) is 8.37. The van der Waals surface area contributed by atoms with E-state index in [1.54, 1.807) is 24.3 Å². The zero-order valence-corrected chi connectivity index (χ0v) is 27.2. The maximum Gasteiger partial charge on any atom is 0.273 e. The first-order valence-corrected chi connectivity index (χ1v) is 18.2. The molecular weight excluding hydrogens is 621 g/mol. The van der Waals surface area contributed by atoms with E-state index in [0.29, 0.717) is 30.0 Å². The van der Waals surface area contributed by atoms with E-state index >= 15 is 0 Å². The van der Waals surface area contributed by atoms with Crippen LogP contribution >= 0.6 is 0 Å². The average Bonchev–Trinajstić information content (AvgIpc) is 3.82. The van der Waals surface area contributed by atoms with Gasteiger partial charge in [-0.15, -0.1) is 0 Å². The number of ether oxygens (including phenoxy) is 1. The molecular formula is C36H42FN3O6S. The number of nitrogens with zero attached hydrogens (tertiary/aromatic N) is 1. The highest BCUT2D eigenvalue weighted by atomic mass is 32.2. The molecule has 47 heavy (non-hydrogen) atoms. The lowest BCUT2D eigenvalue weighted by atomic mass is 9.75. The van der Waals surface area contributed by atoms with E-state index in [0.717, 1.165) is 37.7 Å². The van der Waals surface area contributed by atoms with E-state index in [2.05, 4.69) is 10.3 Å². The van der Waals surface area contributed by atoms with E-state index in [4.69, 9.17) is 9.15 Å². The summed E-state index contributed by atoms with van der Waals surface area (Å²) in [4.78, 5) is 30.0. The SMILES string of the molecule is O=C(C=Cc1ccc(F)cc1CC1C2CCC(O2)C1c1nc(C(=O)NCCCCC2CCCCC2)co1)NS(=O)(=O)c1ccccc1. The van der Waals surface area contributed by atoms with E-state index in [-0.39, 0.29) is 40.5 Å². The molecule has 3 aromatic rings. The lowest BCUT2D eigenvalue weighted by Gasteiger charge is -2.26. The number of carbonyl (C=O) groups is 2. The summed E-state index contributed by atoms with van der Waals surface area (Å²) in [5, 5.41) is 2.97. The van der Waals surface area contributed by atoms with Gasteiger partial charge in [0.1, 0.15) is 12.1 Å². The molecule has 9 nitrogen and oxygen atoms in total. The minimum absolute atomic E-state index is 0.0245. The molecule has 6 rings (SSSR count). The van der Waals surface area contributed by atoms with E-state index in [1.807, 2.05) is 4.72 Å². The van der Waals surface area contributed by atoms with Gasteiger partial charge in [0, 0.05) is 18.5 Å². The van der Waals surface area contributed by atoms with Gasteiger partial charge >= 0.3 is 0 Å². The van der Waals surface area contributed by atoms with Gasteiger partial charge in [-0.2, -0.15) is 0 Å². The molecule has 1 aromatic heterocycles. The van der Waals surface area contributed by atoms with Gasteiger partial charge in [0.05, 0.1) is 23.0 Å². The Bertz CT molecular complexity index is 1690. The molecule has 2 amide bonds. The van der Waals surface area contributed by atoms with Crippen LogP contribution in [-0.2, 0) is 26.0 Å². The molecule has 3 aliphatic rings. The summed E-state index contributed by atoms with van der Waals surface area (Å²) in [6.45, 7) is 0.597. The molecule has 3 fully saturated rings. The third-order valence-corrected chi connectivity index (χ3v) is 11.1. The lowest BCUT2D eigenvalue weighted by molar-refractivity contribution is -0.114. The largest absolute Gasteiger partial charge is 0.448 e. The Kier molecular flexibility index (Phi) is 10.5. The maximum atomic E-state index is 14.5. The van der Waals surface area contributed by atoms with Crippen LogP contribution < -0.4 is 10.0 Å². The number of amides is 2. The molecule has 1 saturated carbocycles. The normalized spacial score (nSPS) is 22.9. The maximum absolute atomic E-state index is 14.5. The van der Waals surface area contributed by atoms with Crippen molar-refractivity contribution in [2.24, 2.45) is 11.8 Å². The summed E-state index contributed by atoms with van der Waals surface area (Å²) in [5.74, 6) is -0.554. The van der Waals surface area contributed by atoms with Gasteiger partial charge < -0.3 is 14.5 Å². The molecule has 2 N–H and O–H groups in total. The van der Waals surface area contributed by atoms with Gasteiger partial charge in [-0.25, -0.2) is 22.5 Å². The van der Waals surface area contributed by atoms with Crippen molar-refractivity contribution in [3.05, 3.63) is 89.4 Å². The molecule has 2 aromatic carbocycles. The summed E-state index contributed by atoms with van der Waals surface area (Å²) in [6, 6.07) is 11.9. The van der Waals surface area contributed by atoms with Crippen molar-refractivity contribution in [3.63, 3.8) is 0 Å². The molecule has 0 radical (unpaired) electrons. The first kappa shape index (κ1) is 33.1. The fourth-order valence-electron chi connectivity index (χ4n) is 7.41. The van der Waals surface area contributed by atoms with Gasteiger partial charge in [0.25, 0.3) is 21.8 Å². The Labute approximate surface area is 275 Å². The van der Waals surface area contributed by atoms with Crippen LogP contribution in [0.2, 0.25) is 0 Å². The molecule has 4 unspecified atom stereocenters. The topological polar surface area (TPSA) is 128 Å². The van der Waals surface area contributed by atoms with Crippen molar-refractivity contribution in [3.8, 4) is 0 Å². The molecule has 11 heteroatoms. The van der Waals surface area contributed by atoms with Crippen molar-refractivity contribution in [2.75, 3.05) is 6.54 Å². The number of rotatable bonds is 13. The number of unbranched alkanes of at least 4 members (excludes halogenated alkanes) is 1. The predicted molar refractivity (Wildman–Crippen MR) is 174 cm³/mol. The Morgan fingerprint density at radius 1 is 0.979 bits per heavy atom. The number of fused-ring (bicyclic) bond motifs is 2. The molecule has 250 valence electrons. The highest BCUT2D eigenvalue weighted by molar-refractivity contribution is 7.90. The number of hydrogen-bond donors (Lipinski definition) is 2. The first-order valence-electron chi connectivity index (χ1n) is 16.7. The summed E-state index contributed by atoms with van der Waals surface area (Å²) in [6.07, 6.45) is 15.9. The third kappa shape index (κ3) is 8.19. The first-order chi connectivity index (χ1) is 22.8. The second kappa shape index (κ2) is 14.9. The number of carbonyl (C=O) groups excluding carboxylic acids is 2. The number of halogens is 1. The van der Waals surface area contributed by atoms with Gasteiger partial charge in [-0.3, -0.25) is 9.59 Å². The molecule has 2 aliphatic heterocycles. The number of hydrogen-bond acceptors (Lipinski definition) is 7. The number of oxazole rings is 1. The van der Waals surface area contributed by atoms with Crippen LogP contribution in [0.5, 0.6) is 0 Å². The standard InChI is InChI=1S/C36H42FN3O6S/c37-27-16-14-25(15-19-33(41)40-47(43,44)28-12-5-2-6-13-28)26(21-27)22-29-31-17-18-32(46-31)34(29)36-39-30(23-45-36)35(42)38-20-8-7-11-24-9-3-1-4-10-24/h2,5-6,12-16,19,21,23-24,29,31-32,34H,1,3-4,7-11,17-18,20,22H2,(H,38,42)(H,40,41). The minimum atomic E-state index is -4.03. The zero-order chi connectivity index (χ0) is 32.8. The molecule has 0 spiro atoms. The quantitative estimate of drug-likeness (QED) is 0.162. The Balaban J connectivity index is 1.09. The van der Waals surface area contributed by atoms with Crippen molar-refractivity contribution < 1.29 is 31.6 Å². The van der Waals surface area contributed by atoms with Crippen molar-refractivity contribution >= 4 is 27.9 Å². The zero-order valence-electron chi connectivity index (χ0n) is 26.4. The number of nitrogens with one attached hydrogen (secondary N) is 2. The molecule has 2 bridgehead atoms. The number of sulfonamides is 1. The van der Waals surface area contributed by atoms with Crippen molar-refractivity contribution in [2.45, 2.75) is 93.7 Å². The van der Waals surface area contributed by atoms with Crippen LogP contribution in [0.3, 0.4) is 0 Å². The van der Waals surface area contributed by atoms with Crippen molar-refractivity contribution in [1.29, 1.82) is 0 Å². The van der Waals surface area contributed by atoms with Gasteiger partial charge in [0.2, 0.25) is 5.89 Å². The highest BCUT2D eigenvalue weighted by Gasteiger charge is 2.51. The molecule has 3 heterocycles. The number of benzene rings is 2. The number of aromatic nitrogens is 1. The van der Waals surface area contributed by atoms with Crippen molar-refractivity contribution in [1.82, 2.24) is 15.0 Å². The monoisotopic (exact) mass is 663 g/mol. The second-order valence-electron chi connectivity index (χ2n) is 13.0. The summed E-state index contributed by atoms with van der Waals surface area (Å²) >= 11 is 0. The fraction of sp³-hybridized carbons (Fsp3) is 0.472. The highest BCUT2D eigenvalue weighted by Crippen LogP contribution is 2.50. The van der Waals surface area contributed by atoms with Crippen LogP contribution in [0.15, 0.2) is 70.2 Å². The molecule has 4 atom stereocenters. The molecule has 1 aliphatic carbocycles. The van der Waals surface area contributed by atoms with E-state index in [1.165, 1.54) is 75.1 Å². The Morgan fingerprint density at radius 3 is 2.57 bits per heavy atom. The Hall–Kier alpha value is -3.83. The van der Waals surface area contributed by atoms with Crippen LogP contribution in [-0.4, -0.2) is 44.0 Å². The smallest absolute Gasteiger partial charge is 0.273 e. The van der Waals surface area contributed by atoms with Gasteiger partial charge in [-0.1, -0.05) is 69.2 Å². The predicted octanol–water partition coefficient (Wildman–Crippen LogP) is 6.32. The minimum Gasteiger partial charge on any atom is -0.448 e. The summed E-state index contributed by atoms with van der Waals surface area (Å²) in [7, 11) is -4.03. The van der Waals surface area contributed by atoms with E-state index in [9.17, 15) is 22.4 Å². The summed E-state index contributed by atoms with van der Waals surface area (Å²) < 4.78 is 53.7. The lowest BCUT2D eigenvalue weighted by Crippen LogP contribution is -2.29. The van der Waals surface area contributed by atoms with Crippen LogP contribution in [0.1, 0.15) is 97.6 Å². The van der Waals surface area contributed by atoms with Gasteiger partial charge in [-0.05, 0) is 73.1 Å². The average molecular weight is 664 g/mol. The van der Waals surface area contributed by atoms with Crippen LogP contribution in [0.25, 0.3) is 6.08 Å². The Morgan fingerprint density at radius 2 is 1.77 bits per heavy atom. The van der Waals surface area contributed by atoms with Crippen LogP contribution in [0, 0.1) is 17.7 Å². The van der Waals surface area contributed by atoms with E-state index < -0.39 is 21.7 Å². The van der Waals surface area contributed by atoms with Gasteiger partial charge in [0.15, 0.2) is 5.69 Å².